The Morgan fingerprint density at radius 1 is 1.05 bits per heavy atom. The molecule has 0 amide bonds. The molecule has 0 atom stereocenters. The third kappa shape index (κ3) is 7.00. The number of halogens is 5. The molecule has 0 saturated carbocycles. The van der Waals surface area contributed by atoms with Crippen molar-refractivity contribution in [2.24, 2.45) is 12.2 Å². The zero-order chi connectivity index (χ0) is 26.6. The van der Waals surface area contributed by atoms with E-state index < -0.39 is 24.4 Å². The van der Waals surface area contributed by atoms with Crippen molar-refractivity contribution >= 4 is 5.71 Å². The lowest BCUT2D eigenvalue weighted by Gasteiger charge is -2.32. The third-order valence-electron chi connectivity index (χ3n) is 6.23. The van der Waals surface area contributed by atoms with Crippen LogP contribution in [0.4, 0.5) is 22.0 Å². The number of hydrogen-bond donors (Lipinski definition) is 0. The van der Waals surface area contributed by atoms with Gasteiger partial charge in [0.1, 0.15) is 5.71 Å². The van der Waals surface area contributed by atoms with E-state index in [2.05, 4.69) is 19.9 Å². The van der Waals surface area contributed by atoms with Crippen LogP contribution >= 0.6 is 0 Å². The van der Waals surface area contributed by atoms with Crippen LogP contribution < -0.4 is 5.56 Å². The Morgan fingerprint density at radius 3 is 2.41 bits per heavy atom. The van der Waals surface area contributed by atoms with E-state index in [0.717, 1.165) is 49.3 Å². The summed E-state index contributed by atoms with van der Waals surface area (Å²) in [5.74, 6) is -1.88. The minimum absolute atomic E-state index is 0.0413. The predicted octanol–water partition coefficient (Wildman–Crippen LogP) is 4.77. The molecule has 3 aromatic rings. The molecule has 1 aromatic carbocycles. The highest BCUT2D eigenvalue weighted by atomic mass is 19.4. The average molecular weight is 521 g/mol. The highest BCUT2D eigenvalue weighted by Crippen LogP contribution is 2.28. The summed E-state index contributed by atoms with van der Waals surface area (Å²) in [4.78, 5) is 22.7. The third-order valence-corrected chi connectivity index (χ3v) is 6.23. The molecule has 0 bridgehead atoms. The summed E-state index contributed by atoms with van der Waals surface area (Å²) in [5.41, 5.74) is 2.09. The predicted molar refractivity (Wildman–Crippen MR) is 127 cm³/mol. The number of alkyl halides is 3. The van der Waals surface area contributed by atoms with Gasteiger partial charge in [-0.2, -0.15) is 13.2 Å². The molecule has 6 nitrogen and oxygen atoms in total. The van der Waals surface area contributed by atoms with Gasteiger partial charge in [0, 0.05) is 43.2 Å². The van der Waals surface area contributed by atoms with Crippen molar-refractivity contribution in [3.05, 3.63) is 99.2 Å². The Kier molecular flexibility index (Phi) is 8.01. The summed E-state index contributed by atoms with van der Waals surface area (Å²) in [6.45, 7) is 0.622. The summed E-state index contributed by atoms with van der Waals surface area (Å²) in [5, 5.41) is 3.55. The summed E-state index contributed by atoms with van der Waals surface area (Å²) in [7, 11) is 1.74. The van der Waals surface area contributed by atoms with Crippen LogP contribution in [0, 0.1) is 11.6 Å². The van der Waals surface area contributed by atoms with Crippen molar-refractivity contribution in [1.82, 2.24) is 14.5 Å². The number of likely N-dealkylation sites (tertiary alicyclic amines) is 1. The van der Waals surface area contributed by atoms with Gasteiger partial charge in [0.05, 0.1) is 5.69 Å². The number of oxime groups is 1. The highest BCUT2D eigenvalue weighted by Gasteiger charge is 2.29. The van der Waals surface area contributed by atoms with Gasteiger partial charge in [-0.3, -0.25) is 14.7 Å². The second-order valence-corrected chi connectivity index (χ2v) is 8.96. The first-order chi connectivity index (χ1) is 17.6. The van der Waals surface area contributed by atoms with E-state index in [1.807, 2.05) is 12.3 Å². The average Bonchev–Trinajstić information content (AvgIpc) is 2.86. The molecule has 0 radical (unpaired) electrons. The number of aryl methyl sites for hydroxylation is 1. The van der Waals surface area contributed by atoms with E-state index in [4.69, 9.17) is 0 Å². The zero-order valence-corrected chi connectivity index (χ0v) is 20.0. The Bertz CT molecular complexity index is 1310. The molecule has 196 valence electrons. The van der Waals surface area contributed by atoms with Gasteiger partial charge in [-0.1, -0.05) is 11.2 Å². The van der Waals surface area contributed by atoms with Gasteiger partial charge in [-0.25, -0.2) is 8.78 Å². The number of nitrogens with zero attached hydrogens (tertiary/aromatic N) is 4. The molecule has 0 unspecified atom stereocenters. The topological polar surface area (TPSA) is 59.7 Å². The van der Waals surface area contributed by atoms with Gasteiger partial charge in [-0.05, 0) is 67.7 Å². The van der Waals surface area contributed by atoms with Crippen molar-refractivity contribution in [2.75, 3.05) is 19.7 Å². The Balaban J connectivity index is 1.43. The van der Waals surface area contributed by atoms with Crippen molar-refractivity contribution in [3.8, 4) is 0 Å². The molecular formula is C26H25F5N4O2. The maximum Gasteiger partial charge on any atom is 0.425 e. The number of aromatic nitrogens is 2. The van der Waals surface area contributed by atoms with Crippen molar-refractivity contribution in [2.45, 2.75) is 31.5 Å². The molecule has 1 saturated heterocycles. The lowest BCUT2D eigenvalue weighted by atomic mass is 9.90. The molecule has 4 rings (SSSR count). The number of benzene rings is 1. The molecule has 3 heterocycles. The van der Waals surface area contributed by atoms with Crippen molar-refractivity contribution < 1.29 is 26.8 Å². The van der Waals surface area contributed by atoms with E-state index in [-0.39, 0.29) is 16.8 Å². The van der Waals surface area contributed by atoms with Crippen molar-refractivity contribution in [1.29, 1.82) is 0 Å². The van der Waals surface area contributed by atoms with Gasteiger partial charge in [0.2, 0.25) is 12.2 Å². The van der Waals surface area contributed by atoms with Gasteiger partial charge in [0.15, 0.2) is 11.6 Å². The maximum atomic E-state index is 13.8. The summed E-state index contributed by atoms with van der Waals surface area (Å²) in [6.07, 6.45) is 0.562. The molecule has 11 heteroatoms. The summed E-state index contributed by atoms with van der Waals surface area (Å²) < 4.78 is 66.3. The zero-order valence-electron chi connectivity index (χ0n) is 20.0. The van der Waals surface area contributed by atoms with Crippen LogP contribution in [-0.4, -0.2) is 46.0 Å². The van der Waals surface area contributed by atoms with Crippen LogP contribution in [0.5, 0.6) is 0 Å². The minimum atomic E-state index is -4.60. The van der Waals surface area contributed by atoms with E-state index in [1.54, 1.807) is 29.8 Å². The van der Waals surface area contributed by atoms with E-state index >= 15 is 0 Å². The number of hydrogen-bond acceptors (Lipinski definition) is 5. The number of piperidine rings is 1. The van der Waals surface area contributed by atoms with Gasteiger partial charge < -0.3 is 9.40 Å². The van der Waals surface area contributed by atoms with Crippen LogP contribution in [0.3, 0.4) is 0 Å². The number of pyridine rings is 2. The monoisotopic (exact) mass is 520 g/mol. The first-order valence-corrected chi connectivity index (χ1v) is 11.7. The Hall–Kier alpha value is -3.60. The van der Waals surface area contributed by atoms with Crippen LogP contribution in [0.25, 0.3) is 0 Å². The first kappa shape index (κ1) is 26.5. The lowest BCUT2D eigenvalue weighted by Crippen LogP contribution is -2.33. The normalized spacial score (nSPS) is 15.7. The molecule has 0 aliphatic carbocycles. The first-order valence-electron chi connectivity index (χ1n) is 11.7. The second-order valence-electron chi connectivity index (χ2n) is 8.96. The summed E-state index contributed by atoms with van der Waals surface area (Å²) in [6, 6.07) is 9.70. The fraction of sp³-hybridized carbons (Fsp3) is 0.346. The van der Waals surface area contributed by atoms with Crippen LogP contribution in [-0.2, 0) is 18.4 Å². The molecule has 1 aliphatic heterocycles. The van der Waals surface area contributed by atoms with Crippen molar-refractivity contribution in [3.63, 3.8) is 0 Å². The maximum absolute atomic E-state index is 13.8. The van der Waals surface area contributed by atoms with E-state index in [0.29, 0.717) is 18.0 Å². The molecular weight excluding hydrogens is 495 g/mol. The van der Waals surface area contributed by atoms with Gasteiger partial charge in [-0.15, -0.1) is 0 Å². The molecule has 37 heavy (non-hydrogen) atoms. The SMILES string of the molecule is Cn1cc(C2CCN(Cc3ccc(C(=NOCC(F)(F)F)c4ccc(F)c(F)c4)cn3)CC2)ccc1=O. The standard InChI is InChI=1S/C26H25F5N4O2/c1-34-14-20(4-7-24(34)36)17-8-10-35(11-9-17)15-21-5-2-19(13-32-21)25(33-37-16-26(29,30)31)18-3-6-22(27)23(28)12-18/h2-7,12-14,17H,8-11,15-16H2,1H3. The Labute approximate surface area is 210 Å². The fourth-order valence-corrected chi connectivity index (χ4v) is 4.25. The largest absolute Gasteiger partial charge is 0.425 e. The molecule has 1 fully saturated rings. The van der Waals surface area contributed by atoms with Crippen LogP contribution in [0.1, 0.15) is 41.1 Å². The fourth-order valence-electron chi connectivity index (χ4n) is 4.25. The lowest BCUT2D eigenvalue weighted by molar-refractivity contribution is -0.173. The van der Waals surface area contributed by atoms with E-state index in [9.17, 15) is 26.7 Å². The smallest absolute Gasteiger partial charge is 0.386 e. The molecule has 0 N–H and O–H groups in total. The minimum Gasteiger partial charge on any atom is -0.386 e. The van der Waals surface area contributed by atoms with E-state index in [1.165, 1.54) is 12.3 Å². The summed E-state index contributed by atoms with van der Waals surface area (Å²) >= 11 is 0. The molecule has 1 aliphatic rings. The van der Waals surface area contributed by atoms with Crippen LogP contribution in [0.2, 0.25) is 0 Å². The number of rotatable bonds is 7. The molecule has 0 spiro atoms. The second kappa shape index (κ2) is 11.2. The molecule has 2 aromatic heterocycles. The van der Waals surface area contributed by atoms with Crippen LogP contribution in [0.15, 0.2) is 64.8 Å². The Morgan fingerprint density at radius 2 is 1.78 bits per heavy atom. The van der Waals surface area contributed by atoms with Gasteiger partial charge >= 0.3 is 6.18 Å². The highest BCUT2D eigenvalue weighted by molar-refractivity contribution is 6.12. The quantitative estimate of drug-likeness (QED) is 0.256. The van der Waals surface area contributed by atoms with Gasteiger partial charge in [0.25, 0.3) is 0 Å².